The Kier molecular flexibility index (Phi) is 5.00. The molecule has 1 N–H and O–H groups in total. The fraction of sp³-hybridized carbons (Fsp3) is 0.364. The first-order valence-electron chi connectivity index (χ1n) is 9.71. The maximum Gasteiger partial charge on any atom is 0.419 e. The van der Waals surface area contributed by atoms with E-state index in [4.69, 9.17) is 4.42 Å². The molecule has 152 valence electrons. The smallest absolute Gasteiger partial charge is 0.408 e. The summed E-state index contributed by atoms with van der Waals surface area (Å²) in [5.74, 6) is -0.814. The molecule has 0 saturated heterocycles. The van der Waals surface area contributed by atoms with Gasteiger partial charge in [-0.25, -0.2) is 9.18 Å². The fourth-order valence-corrected chi connectivity index (χ4v) is 3.56. The largest absolute Gasteiger partial charge is 0.419 e. The van der Waals surface area contributed by atoms with E-state index in [1.165, 1.54) is 6.07 Å². The van der Waals surface area contributed by atoms with Gasteiger partial charge in [-0.1, -0.05) is 18.2 Å². The zero-order valence-corrected chi connectivity index (χ0v) is 16.6. The second-order valence-electron chi connectivity index (χ2n) is 8.01. The van der Waals surface area contributed by atoms with Crippen molar-refractivity contribution < 1.29 is 13.6 Å². The lowest BCUT2D eigenvalue weighted by molar-refractivity contribution is -0.121. The Morgan fingerprint density at radius 2 is 2.00 bits per heavy atom. The molecule has 0 radical (unpaired) electrons. The molecule has 1 aromatic heterocycles. The van der Waals surface area contributed by atoms with Crippen molar-refractivity contribution in [2.24, 2.45) is 5.41 Å². The standard InChI is InChI=1S/C22H24FN3O3/c1-25(2)11-12-26-18-13-16(7-8-19(18)29-21(26)28)24-20(27)22(9-10-22)14-15-5-3-4-6-17(15)23/h3-8,13H,9-12,14H2,1-2H3,(H,24,27). The summed E-state index contributed by atoms with van der Waals surface area (Å²) in [6, 6.07) is 11.7. The van der Waals surface area contributed by atoms with E-state index in [1.54, 1.807) is 41.0 Å². The number of benzene rings is 2. The van der Waals surface area contributed by atoms with E-state index in [1.807, 2.05) is 19.0 Å². The predicted molar refractivity (Wildman–Crippen MR) is 109 cm³/mol. The first-order valence-corrected chi connectivity index (χ1v) is 9.71. The van der Waals surface area contributed by atoms with Gasteiger partial charge in [0.25, 0.3) is 0 Å². The monoisotopic (exact) mass is 397 g/mol. The first kappa shape index (κ1) is 19.4. The number of likely N-dealkylation sites (N-methyl/N-ethyl adjacent to an activating group) is 1. The van der Waals surface area contributed by atoms with Crippen molar-refractivity contribution in [3.8, 4) is 0 Å². The molecule has 6 nitrogen and oxygen atoms in total. The van der Waals surface area contributed by atoms with Crippen LogP contribution in [0.3, 0.4) is 0 Å². The molecule has 0 bridgehead atoms. The maximum atomic E-state index is 14.0. The summed E-state index contributed by atoms with van der Waals surface area (Å²) in [5.41, 5.74) is 1.72. The van der Waals surface area contributed by atoms with Gasteiger partial charge in [0.2, 0.25) is 5.91 Å². The lowest BCUT2D eigenvalue weighted by Crippen LogP contribution is -2.26. The molecule has 0 aliphatic heterocycles. The van der Waals surface area contributed by atoms with Gasteiger partial charge in [0.1, 0.15) is 5.82 Å². The van der Waals surface area contributed by atoms with Crippen molar-refractivity contribution in [2.75, 3.05) is 26.0 Å². The molecule has 29 heavy (non-hydrogen) atoms. The third kappa shape index (κ3) is 3.96. The first-order chi connectivity index (χ1) is 13.9. The fourth-order valence-electron chi connectivity index (χ4n) is 3.56. The van der Waals surface area contributed by atoms with Crippen LogP contribution in [0.15, 0.2) is 51.7 Å². The van der Waals surface area contributed by atoms with E-state index >= 15 is 0 Å². The molecule has 7 heteroatoms. The molecule has 3 aromatic rings. The van der Waals surface area contributed by atoms with E-state index in [2.05, 4.69) is 5.32 Å². The number of carbonyl (C=O) groups is 1. The van der Waals surface area contributed by atoms with Crippen LogP contribution in [-0.4, -0.2) is 36.0 Å². The minimum Gasteiger partial charge on any atom is -0.408 e. The Bertz CT molecular complexity index is 1110. The van der Waals surface area contributed by atoms with Crippen LogP contribution in [0.25, 0.3) is 11.1 Å². The number of hydrogen-bond acceptors (Lipinski definition) is 4. The van der Waals surface area contributed by atoms with E-state index < -0.39 is 11.2 Å². The van der Waals surface area contributed by atoms with Crippen LogP contribution < -0.4 is 11.1 Å². The van der Waals surface area contributed by atoms with Crippen molar-refractivity contribution in [3.63, 3.8) is 0 Å². The van der Waals surface area contributed by atoms with Crippen LogP contribution in [0.1, 0.15) is 18.4 Å². The molecular formula is C22H24FN3O3. The zero-order chi connectivity index (χ0) is 20.6. The summed E-state index contributed by atoms with van der Waals surface area (Å²) < 4.78 is 20.9. The van der Waals surface area contributed by atoms with Crippen molar-refractivity contribution in [1.82, 2.24) is 9.47 Å². The minimum absolute atomic E-state index is 0.120. The number of anilines is 1. The van der Waals surface area contributed by atoms with Crippen LogP contribution in [-0.2, 0) is 17.8 Å². The van der Waals surface area contributed by atoms with E-state index in [0.717, 1.165) is 12.8 Å². The highest BCUT2D eigenvalue weighted by atomic mass is 19.1. The molecule has 2 aromatic carbocycles. The predicted octanol–water partition coefficient (Wildman–Crippen LogP) is 3.26. The lowest BCUT2D eigenvalue weighted by Gasteiger charge is -2.16. The molecule has 1 aliphatic carbocycles. The average molecular weight is 397 g/mol. The van der Waals surface area contributed by atoms with Crippen LogP contribution in [0.2, 0.25) is 0 Å². The quantitative estimate of drug-likeness (QED) is 0.665. The SMILES string of the molecule is CN(C)CCn1c(=O)oc2ccc(NC(=O)C3(Cc4ccccc4F)CC3)cc21. The molecule has 1 amide bonds. The molecule has 0 spiro atoms. The molecule has 1 fully saturated rings. The van der Waals surface area contributed by atoms with Gasteiger partial charge < -0.3 is 14.6 Å². The molecule has 0 unspecified atom stereocenters. The summed E-state index contributed by atoms with van der Waals surface area (Å²) >= 11 is 0. The number of rotatable bonds is 7. The lowest BCUT2D eigenvalue weighted by atomic mass is 9.95. The Hall–Kier alpha value is -2.93. The van der Waals surface area contributed by atoms with Crippen LogP contribution in [0, 0.1) is 11.2 Å². The maximum absolute atomic E-state index is 14.0. The van der Waals surface area contributed by atoms with Gasteiger partial charge in [0, 0.05) is 18.8 Å². The van der Waals surface area contributed by atoms with Crippen LogP contribution in [0.5, 0.6) is 0 Å². The molecule has 1 heterocycles. The third-order valence-corrected chi connectivity index (χ3v) is 5.52. The summed E-state index contributed by atoms with van der Waals surface area (Å²) in [4.78, 5) is 27.0. The molecule has 4 rings (SSSR count). The summed E-state index contributed by atoms with van der Waals surface area (Å²) in [7, 11) is 3.87. The van der Waals surface area contributed by atoms with Crippen molar-refractivity contribution in [2.45, 2.75) is 25.8 Å². The Morgan fingerprint density at radius 3 is 2.69 bits per heavy atom. The third-order valence-electron chi connectivity index (χ3n) is 5.52. The van der Waals surface area contributed by atoms with Crippen LogP contribution >= 0.6 is 0 Å². The number of aromatic nitrogens is 1. The van der Waals surface area contributed by atoms with E-state index in [0.29, 0.717) is 41.9 Å². The van der Waals surface area contributed by atoms with Gasteiger partial charge >= 0.3 is 5.76 Å². The number of oxazole rings is 1. The van der Waals surface area contributed by atoms with Crippen LogP contribution in [0.4, 0.5) is 10.1 Å². The van der Waals surface area contributed by atoms with Gasteiger partial charge in [0.05, 0.1) is 10.9 Å². The van der Waals surface area contributed by atoms with Gasteiger partial charge in [0.15, 0.2) is 5.58 Å². The highest BCUT2D eigenvalue weighted by Gasteiger charge is 2.50. The average Bonchev–Trinajstić information content (AvgIpc) is 3.39. The Labute approximate surface area is 167 Å². The molecule has 1 saturated carbocycles. The zero-order valence-electron chi connectivity index (χ0n) is 16.6. The Morgan fingerprint density at radius 1 is 1.24 bits per heavy atom. The summed E-state index contributed by atoms with van der Waals surface area (Å²) in [5, 5.41) is 2.95. The van der Waals surface area contributed by atoms with Gasteiger partial charge in [-0.3, -0.25) is 9.36 Å². The highest BCUT2D eigenvalue weighted by Crippen LogP contribution is 2.49. The number of nitrogens with one attached hydrogen (secondary N) is 1. The number of carbonyl (C=O) groups excluding carboxylic acids is 1. The second kappa shape index (κ2) is 7.48. The summed E-state index contributed by atoms with van der Waals surface area (Å²) in [6.45, 7) is 1.18. The van der Waals surface area contributed by atoms with Gasteiger partial charge in [-0.15, -0.1) is 0 Å². The molecule has 1 aliphatic rings. The van der Waals surface area contributed by atoms with Gasteiger partial charge in [-0.05, 0) is 63.2 Å². The number of hydrogen-bond donors (Lipinski definition) is 1. The topological polar surface area (TPSA) is 67.5 Å². The highest BCUT2D eigenvalue weighted by molar-refractivity contribution is 5.98. The minimum atomic E-state index is -0.571. The molecule has 0 atom stereocenters. The van der Waals surface area contributed by atoms with Crippen molar-refractivity contribution in [3.05, 3.63) is 64.4 Å². The molecular weight excluding hydrogens is 373 g/mol. The Balaban J connectivity index is 1.54. The van der Waals surface area contributed by atoms with E-state index in [9.17, 15) is 14.0 Å². The number of amides is 1. The number of fused-ring (bicyclic) bond motifs is 1. The second-order valence-corrected chi connectivity index (χ2v) is 8.01. The van der Waals surface area contributed by atoms with Gasteiger partial charge in [-0.2, -0.15) is 0 Å². The van der Waals surface area contributed by atoms with E-state index in [-0.39, 0.29) is 11.7 Å². The summed E-state index contributed by atoms with van der Waals surface area (Å²) in [6.07, 6.45) is 1.84. The normalized spacial score (nSPS) is 15.0. The van der Waals surface area contributed by atoms with Crippen molar-refractivity contribution >= 4 is 22.7 Å². The number of halogens is 1. The van der Waals surface area contributed by atoms with Crippen molar-refractivity contribution in [1.29, 1.82) is 0 Å². The number of nitrogens with zero attached hydrogens (tertiary/aromatic N) is 2.